The van der Waals surface area contributed by atoms with Crippen LogP contribution in [0.5, 0.6) is 5.75 Å². The van der Waals surface area contributed by atoms with E-state index in [0.29, 0.717) is 12.1 Å². The van der Waals surface area contributed by atoms with Crippen LogP contribution in [0, 0.1) is 11.6 Å². The Bertz CT molecular complexity index is 557. The highest BCUT2D eigenvalue weighted by molar-refractivity contribution is 8.13. The van der Waals surface area contributed by atoms with Crippen LogP contribution in [0.25, 0.3) is 0 Å². The summed E-state index contributed by atoms with van der Waals surface area (Å²) in [5.74, 6) is -4.91. The highest BCUT2D eigenvalue weighted by Gasteiger charge is 2.23. The summed E-state index contributed by atoms with van der Waals surface area (Å²) < 4.78 is 52.4. The Morgan fingerprint density at radius 2 is 2.00 bits per heavy atom. The van der Waals surface area contributed by atoms with Crippen molar-refractivity contribution in [2.24, 2.45) is 0 Å². The standard InChI is InChI=1S/C8H5ClF2O5S/c9-17(14,15)6-2-4(10)1-5(11)8(6)16-3-7(12)13/h1-2H,3H2,(H,12,13). The van der Waals surface area contributed by atoms with Crippen molar-refractivity contribution in [3.63, 3.8) is 0 Å². The summed E-state index contributed by atoms with van der Waals surface area (Å²) in [7, 11) is 0.482. The van der Waals surface area contributed by atoms with Crippen LogP contribution in [-0.2, 0) is 13.8 Å². The number of hydrogen-bond acceptors (Lipinski definition) is 4. The van der Waals surface area contributed by atoms with Gasteiger partial charge in [0.25, 0.3) is 9.05 Å². The van der Waals surface area contributed by atoms with Crippen molar-refractivity contribution >= 4 is 25.7 Å². The van der Waals surface area contributed by atoms with Gasteiger partial charge in [0.2, 0.25) is 0 Å². The van der Waals surface area contributed by atoms with Crippen molar-refractivity contribution in [2.75, 3.05) is 6.61 Å². The lowest BCUT2D eigenvalue weighted by atomic mass is 10.3. The number of hydrogen-bond donors (Lipinski definition) is 1. The number of carbonyl (C=O) groups is 1. The third-order valence-electron chi connectivity index (χ3n) is 1.58. The van der Waals surface area contributed by atoms with Crippen molar-refractivity contribution in [3.8, 4) is 5.75 Å². The molecule has 0 saturated carbocycles. The van der Waals surface area contributed by atoms with E-state index in [1.165, 1.54) is 0 Å². The van der Waals surface area contributed by atoms with Gasteiger partial charge in [0.1, 0.15) is 10.7 Å². The monoisotopic (exact) mass is 286 g/mol. The van der Waals surface area contributed by atoms with E-state index in [9.17, 15) is 22.0 Å². The van der Waals surface area contributed by atoms with E-state index in [0.717, 1.165) is 0 Å². The van der Waals surface area contributed by atoms with Crippen LogP contribution in [0.2, 0.25) is 0 Å². The Labute approximate surface area is 99.0 Å². The minimum Gasteiger partial charge on any atom is -0.479 e. The van der Waals surface area contributed by atoms with Gasteiger partial charge in [-0.1, -0.05) is 0 Å². The fourth-order valence-corrected chi connectivity index (χ4v) is 1.97. The van der Waals surface area contributed by atoms with Gasteiger partial charge in [-0.15, -0.1) is 0 Å². The van der Waals surface area contributed by atoms with Gasteiger partial charge in [0.05, 0.1) is 0 Å². The lowest BCUT2D eigenvalue weighted by Gasteiger charge is -2.08. The topological polar surface area (TPSA) is 80.7 Å². The van der Waals surface area contributed by atoms with Crippen LogP contribution >= 0.6 is 10.7 Å². The number of halogens is 3. The zero-order valence-corrected chi connectivity index (χ0v) is 9.56. The maximum absolute atomic E-state index is 13.2. The Morgan fingerprint density at radius 1 is 1.41 bits per heavy atom. The molecule has 0 radical (unpaired) electrons. The lowest BCUT2D eigenvalue weighted by Crippen LogP contribution is -2.12. The molecule has 94 valence electrons. The molecule has 1 aromatic rings. The highest BCUT2D eigenvalue weighted by atomic mass is 35.7. The van der Waals surface area contributed by atoms with Crippen LogP contribution in [0.15, 0.2) is 17.0 Å². The SMILES string of the molecule is O=C(O)COc1c(F)cc(F)cc1S(=O)(=O)Cl. The molecule has 0 bridgehead atoms. The molecule has 0 aliphatic rings. The van der Waals surface area contributed by atoms with E-state index in [1.807, 2.05) is 0 Å². The van der Waals surface area contributed by atoms with E-state index < -0.39 is 43.9 Å². The second kappa shape index (κ2) is 4.84. The van der Waals surface area contributed by atoms with Gasteiger partial charge in [-0.05, 0) is 6.07 Å². The summed E-state index contributed by atoms with van der Waals surface area (Å²) in [5.41, 5.74) is 0. The van der Waals surface area contributed by atoms with Gasteiger partial charge in [-0.25, -0.2) is 22.0 Å². The first-order chi connectivity index (χ1) is 7.71. The molecule has 9 heteroatoms. The second-order valence-electron chi connectivity index (χ2n) is 2.84. The molecule has 0 atom stereocenters. The molecule has 0 fully saturated rings. The van der Waals surface area contributed by atoms with Gasteiger partial charge in [-0.2, -0.15) is 0 Å². The Morgan fingerprint density at radius 3 is 2.47 bits per heavy atom. The predicted molar refractivity (Wildman–Crippen MR) is 52.5 cm³/mol. The summed E-state index contributed by atoms with van der Waals surface area (Å²) in [5, 5.41) is 8.31. The minimum atomic E-state index is -4.45. The van der Waals surface area contributed by atoms with E-state index in [4.69, 9.17) is 15.8 Å². The second-order valence-corrected chi connectivity index (χ2v) is 5.37. The molecule has 17 heavy (non-hydrogen) atoms. The van der Waals surface area contributed by atoms with Crippen molar-refractivity contribution in [1.29, 1.82) is 0 Å². The molecule has 0 saturated heterocycles. The van der Waals surface area contributed by atoms with Gasteiger partial charge in [0.15, 0.2) is 18.2 Å². The average Bonchev–Trinajstić information content (AvgIpc) is 2.13. The van der Waals surface area contributed by atoms with Gasteiger partial charge in [0, 0.05) is 16.7 Å². The van der Waals surface area contributed by atoms with Crippen molar-refractivity contribution in [2.45, 2.75) is 4.90 Å². The minimum absolute atomic E-state index is 0.350. The molecular formula is C8H5ClF2O5S. The van der Waals surface area contributed by atoms with E-state index in [1.54, 1.807) is 0 Å². The van der Waals surface area contributed by atoms with Crippen LogP contribution in [-0.4, -0.2) is 26.1 Å². The normalized spacial score (nSPS) is 11.2. The van der Waals surface area contributed by atoms with Crippen LogP contribution < -0.4 is 4.74 Å². The molecule has 0 heterocycles. The van der Waals surface area contributed by atoms with Crippen molar-refractivity contribution in [3.05, 3.63) is 23.8 Å². The number of rotatable bonds is 4. The lowest BCUT2D eigenvalue weighted by molar-refractivity contribution is -0.139. The fourth-order valence-electron chi connectivity index (χ4n) is 0.992. The molecule has 5 nitrogen and oxygen atoms in total. The Kier molecular flexibility index (Phi) is 3.89. The van der Waals surface area contributed by atoms with Crippen LogP contribution in [0.1, 0.15) is 0 Å². The number of aliphatic carboxylic acids is 1. The summed E-state index contributed by atoms with van der Waals surface area (Å²) in [4.78, 5) is 9.25. The molecule has 0 unspecified atom stereocenters. The molecule has 0 aromatic heterocycles. The highest BCUT2D eigenvalue weighted by Crippen LogP contribution is 2.30. The van der Waals surface area contributed by atoms with Crippen LogP contribution in [0.3, 0.4) is 0 Å². The van der Waals surface area contributed by atoms with Crippen LogP contribution in [0.4, 0.5) is 8.78 Å². The number of benzene rings is 1. The van der Waals surface area contributed by atoms with E-state index in [2.05, 4.69) is 4.74 Å². The van der Waals surface area contributed by atoms with Gasteiger partial charge < -0.3 is 9.84 Å². The van der Waals surface area contributed by atoms with Crippen molar-refractivity contribution in [1.82, 2.24) is 0 Å². The number of ether oxygens (including phenoxy) is 1. The number of carboxylic acid groups (broad SMARTS) is 1. The summed E-state index contributed by atoms with van der Waals surface area (Å²) in [6.45, 7) is -0.984. The molecule has 1 aromatic carbocycles. The first-order valence-electron chi connectivity index (χ1n) is 4.00. The molecule has 0 aliphatic carbocycles. The summed E-state index contributed by atoms with van der Waals surface area (Å²) in [6.07, 6.45) is 0. The predicted octanol–water partition coefficient (Wildman–Crippen LogP) is 1.36. The summed E-state index contributed by atoms with van der Waals surface area (Å²) >= 11 is 0. The molecule has 0 aliphatic heterocycles. The zero-order valence-electron chi connectivity index (χ0n) is 7.98. The Hall–Kier alpha value is -1.41. The molecule has 1 N–H and O–H groups in total. The zero-order chi connectivity index (χ0) is 13.2. The first-order valence-corrected chi connectivity index (χ1v) is 6.31. The quantitative estimate of drug-likeness (QED) is 0.845. The third-order valence-corrected chi connectivity index (χ3v) is 2.90. The molecule has 0 spiro atoms. The van der Waals surface area contributed by atoms with E-state index in [-0.39, 0.29) is 0 Å². The number of carboxylic acids is 1. The Balaban J connectivity index is 3.31. The maximum atomic E-state index is 13.2. The van der Waals surface area contributed by atoms with Gasteiger partial charge in [-0.3, -0.25) is 0 Å². The largest absolute Gasteiger partial charge is 0.479 e. The molecule has 1 rings (SSSR count). The smallest absolute Gasteiger partial charge is 0.341 e. The molecule has 0 amide bonds. The van der Waals surface area contributed by atoms with E-state index >= 15 is 0 Å². The fraction of sp³-hybridized carbons (Fsp3) is 0.125. The van der Waals surface area contributed by atoms with Crippen molar-refractivity contribution < 1.29 is 31.8 Å². The van der Waals surface area contributed by atoms with Gasteiger partial charge >= 0.3 is 5.97 Å². The maximum Gasteiger partial charge on any atom is 0.341 e. The first kappa shape index (κ1) is 13.7. The molecular weight excluding hydrogens is 282 g/mol. The summed E-state index contributed by atoms with van der Waals surface area (Å²) in [6, 6.07) is 0.783. The average molecular weight is 287 g/mol. The third kappa shape index (κ3) is 3.53.